The van der Waals surface area contributed by atoms with E-state index in [9.17, 15) is 26.7 Å². The van der Waals surface area contributed by atoms with E-state index in [2.05, 4.69) is 4.98 Å². The first-order chi connectivity index (χ1) is 14.2. The second kappa shape index (κ2) is 7.34. The highest BCUT2D eigenvalue weighted by molar-refractivity contribution is 7.92. The summed E-state index contributed by atoms with van der Waals surface area (Å²) in [5, 5.41) is 9.41. The summed E-state index contributed by atoms with van der Waals surface area (Å²) in [7, 11) is -6.15. The molecule has 2 heterocycles. The Hall–Kier alpha value is -2.92. The van der Waals surface area contributed by atoms with Crippen molar-refractivity contribution in [3.8, 4) is 17.0 Å². The van der Waals surface area contributed by atoms with E-state index in [1.807, 2.05) is 0 Å². The van der Waals surface area contributed by atoms with Crippen LogP contribution in [0, 0.1) is 0 Å². The number of benzene rings is 1. The molecule has 0 saturated carbocycles. The molecule has 3 aromatic rings. The van der Waals surface area contributed by atoms with Crippen LogP contribution >= 0.6 is 0 Å². The number of rotatable bonds is 5. The lowest BCUT2D eigenvalue weighted by Crippen LogP contribution is -2.28. The number of fused-ring (bicyclic) bond motifs is 1. The molecule has 2 aromatic heterocycles. The monoisotopic (exact) mass is 466 g/mol. The van der Waals surface area contributed by atoms with E-state index in [-0.39, 0.29) is 26.7 Å². The Bertz CT molecular complexity index is 1410. The Morgan fingerprint density at radius 3 is 2.26 bits per heavy atom. The second-order valence-electron chi connectivity index (χ2n) is 8.02. The van der Waals surface area contributed by atoms with E-state index >= 15 is 0 Å². The summed E-state index contributed by atoms with van der Waals surface area (Å²) in [6.45, 7) is 4.69. The molecule has 0 unspecified atom stereocenters. The van der Waals surface area contributed by atoms with Crippen molar-refractivity contribution in [2.45, 2.75) is 35.3 Å². The lowest BCUT2D eigenvalue weighted by Gasteiger charge is -2.21. The van der Waals surface area contributed by atoms with E-state index in [0.29, 0.717) is 11.3 Å². The molecule has 166 valence electrons. The van der Waals surface area contributed by atoms with Gasteiger partial charge in [0.1, 0.15) is 16.3 Å². The number of imidazole rings is 1. The topological polar surface area (TPSA) is 132 Å². The predicted octanol–water partition coefficient (Wildman–Crippen LogP) is 2.68. The molecule has 0 aliphatic heterocycles. The van der Waals surface area contributed by atoms with E-state index in [0.717, 1.165) is 12.3 Å². The third kappa shape index (κ3) is 4.02. The third-order valence-corrected chi connectivity index (χ3v) is 8.36. The van der Waals surface area contributed by atoms with Gasteiger partial charge < -0.3 is 9.84 Å². The number of aromatic nitrogens is 2. The van der Waals surface area contributed by atoms with Gasteiger partial charge in [-0.2, -0.15) is 0 Å². The zero-order valence-corrected chi connectivity index (χ0v) is 19.2. The fourth-order valence-corrected chi connectivity index (χ4v) is 4.97. The minimum atomic E-state index is -3.80. The van der Waals surface area contributed by atoms with Gasteiger partial charge >= 0.3 is 5.97 Å². The number of pyridine rings is 1. The molecule has 31 heavy (non-hydrogen) atoms. The molecule has 0 amide bonds. The summed E-state index contributed by atoms with van der Waals surface area (Å²) in [5.41, 5.74) is 0.721. The number of ether oxygens (including phenoxy) is 1. The van der Waals surface area contributed by atoms with Gasteiger partial charge in [0.25, 0.3) is 0 Å². The van der Waals surface area contributed by atoms with E-state index in [1.54, 1.807) is 20.8 Å². The van der Waals surface area contributed by atoms with Gasteiger partial charge in [-0.05, 0) is 39.0 Å². The van der Waals surface area contributed by atoms with Crippen LogP contribution in [-0.4, -0.2) is 55.4 Å². The maximum atomic E-state index is 13.1. The molecule has 3 rings (SSSR count). The first kappa shape index (κ1) is 22.8. The molecule has 0 spiro atoms. The van der Waals surface area contributed by atoms with Crippen molar-refractivity contribution < 1.29 is 31.5 Å². The van der Waals surface area contributed by atoms with Gasteiger partial charge in [0.15, 0.2) is 19.7 Å². The molecule has 0 aliphatic rings. The van der Waals surface area contributed by atoms with Crippen molar-refractivity contribution >= 4 is 31.3 Å². The first-order valence-electron chi connectivity index (χ1n) is 9.05. The summed E-state index contributed by atoms with van der Waals surface area (Å²) in [5.74, 6) is -1.17. The molecule has 9 nitrogen and oxygen atoms in total. The maximum Gasteiger partial charge on any atom is 0.335 e. The minimum absolute atomic E-state index is 0.0630. The average Bonchev–Trinajstić information content (AvgIpc) is 3.07. The van der Waals surface area contributed by atoms with Crippen LogP contribution in [-0.2, 0) is 19.7 Å². The van der Waals surface area contributed by atoms with Crippen molar-refractivity contribution in [2.75, 3.05) is 13.4 Å². The van der Waals surface area contributed by atoms with Crippen LogP contribution in [0.15, 0.2) is 46.5 Å². The number of carboxylic acid groups (broad SMARTS) is 1. The number of aromatic carboxylic acids is 1. The van der Waals surface area contributed by atoms with E-state index < -0.39 is 30.4 Å². The zero-order valence-electron chi connectivity index (χ0n) is 17.6. The Morgan fingerprint density at radius 1 is 1.10 bits per heavy atom. The molecule has 1 aromatic carbocycles. The normalized spacial score (nSPS) is 12.8. The Morgan fingerprint density at radius 2 is 1.74 bits per heavy atom. The van der Waals surface area contributed by atoms with Crippen molar-refractivity contribution in [1.29, 1.82) is 0 Å². The minimum Gasteiger partial charge on any atom is -0.495 e. The molecule has 0 aliphatic carbocycles. The van der Waals surface area contributed by atoms with E-state index in [4.69, 9.17) is 4.74 Å². The summed E-state index contributed by atoms with van der Waals surface area (Å²) in [6, 6.07) is 5.17. The standard InChI is InChI=1S/C20H22N2O7S2/c1-20(2,3)31(27,28)17-11-22-15(10-21-18(22)9-16(17)29-4)12-6-13(19(23)24)8-14(7-12)30(5,25)26/h6-11H,1-5H3,(H,23,24). The summed E-state index contributed by atoms with van der Waals surface area (Å²) < 4.78 is 56.0. The largest absolute Gasteiger partial charge is 0.495 e. The fourth-order valence-electron chi connectivity index (χ4n) is 2.98. The number of nitrogens with zero attached hydrogens (tertiary/aromatic N) is 2. The van der Waals surface area contributed by atoms with Gasteiger partial charge in [0, 0.05) is 24.1 Å². The predicted molar refractivity (Wildman–Crippen MR) is 114 cm³/mol. The molecular weight excluding hydrogens is 444 g/mol. The highest BCUT2D eigenvalue weighted by atomic mass is 32.2. The molecular formula is C20H22N2O7S2. The van der Waals surface area contributed by atoms with Gasteiger partial charge in [-0.3, -0.25) is 4.40 Å². The summed E-state index contributed by atoms with van der Waals surface area (Å²) in [6.07, 6.45) is 3.74. The summed E-state index contributed by atoms with van der Waals surface area (Å²) in [4.78, 5) is 15.5. The number of sulfone groups is 2. The number of carboxylic acids is 1. The van der Waals surface area contributed by atoms with Gasteiger partial charge in [0.05, 0.1) is 34.2 Å². The third-order valence-electron chi connectivity index (χ3n) is 4.77. The highest BCUT2D eigenvalue weighted by Crippen LogP contribution is 2.35. The fraction of sp³-hybridized carbons (Fsp3) is 0.300. The van der Waals surface area contributed by atoms with Crippen molar-refractivity contribution in [3.63, 3.8) is 0 Å². The second-order valence-corrected chi connectivity index (χ2v) is 12.7. The lowest BCUT2D eigenvalue weighted by molar-refractivity contribution is 0.0696. The first-order valence-corrected chi connectivity index (χ1v) is 12.4. The van der Waals surface area contributed by atoms with Gasteiger partial charge in [-0.1, -0.05) is 0 Å². The molecule has 0 bridgehead atoms. The molecule has 1 N–H and O–H groups in total. The van der Waals surface area contributed by atoms with Crippen LogP contribution in [0.3, 0.4) is 0 Å². The van der Waals surface area contributed by atoms with Crippen LogP contribution in [0.25, 0.3) is 16.9 Å². The quantitative estimate of drug-likeness (QED) is 0.607. The number of carbonyl (C=O) groups is 1. The average molecular weight is 467 g/mol. The lowest BCUT2D eigenvalue weighted by atomic mass is 10.1. The Labute approximate surface area is 180 Å². The van der Waals surface area contributed by atoms with Gasteiger partial charge in [-0.15, -0.1) is 0 Å². The Balaban J connectivity index is 2.37. The molecule has 0 fully saturated rings. The molecule has 0 saturated heterocycles. The molecule has 0 radical (unpaired) electrons. The molecule has 0 atom stereocenters. The maximum absolute atomic E-state index is 13.1. The number of hydrogen-bond donors (Lipinski definition) is 1. The van der Waals surface area contributed by atoms with Crippen LogP contribution in [0.5, 0.6) is 5.75 Å². The molecule has 11 heteroatoms. The van der Waals surface area contributed by atoms with Crippen LogP contribution in [0.4, 0.5) is 0 Å². The van der Waals surface area contributed by atoms with Crippen molar-refractivity contribution in [2.24, 2.45) is 0 Å². The van der Waals surface area contributed by atoms with Crippen molar-refractivity contribution in [3.05, 3.63) is 42.2 Å². The smallest absolute Gasteiger partial charge is 0.335 e. The van der Waals surface area contributed by atoms with Crippen LogP contribution < -0.4 is 4.74 Å². The Kier molecular flexibility index (Phi) is 5.39. The van der Waals surface area contributed by atoms with Crippen LogP contribution in [0.1, 0.15) is 31.1 Å². The van der Waals surface area contributed by atoms with Crippen molar-refractivity contribution in [1.82, 2.24) is 9.38 Å². The SMILES string of the molecule is COc1cc2ncc(-c3cc(C(=O)O)cc(S(C)(=O)=O)c3)n2cc1S(=O)(=O)C(C)(C)C. The number of methoxy groups -OCH3 is 1. The summed E-state index contributed by atoms with van der Waals surface area (Å²) >= 11 is 0. The highest BCUT2D eigenvalue weighted by Gasteiger charge is 2.34. The zero-order chi connectivity index (χ0) is 23.4. The van der Waals surface area contributed by atoms with Gasteiger partial charge in [0.2, 0.25) is 0 Å². The number of hydrogen-bond acceptors (Lipinski definition) is 7. The van der Waals surface area contributed by atoms with Gasteiger partial charge in [-0.25, -0.2) is 26.6 Å². The van der Waals surface area contributed by atoms with E-state index in [1.165, 1.54) is 42.1 Å². The van der Waals surface area contributed by atoms with Crippen LogP contribution in [0.2, 0.25) is 0 Å².